The highest BCUT2D eigenvalue weighted by Crippen LogP contribution is 2.20. The molecule has 2 aromatic heterocycles. The maximum absolute atomic E-state index is 12.0. The molecule has 2 heterocycles. The van der Waals surface area contributed by atoms with Gasteiger partial charge in [-0.3, -0.25) is 10.6 Å². The molecule has 2 amide bonds. The smallest absolute Gasteiger partial charge is 0.326 e. The molecule has 2 N–H and O–H groups in total. The maximum atomic E-state index is 12.0. The van der Waals surface area contributed by atoms with E-state index in [4.69, 9.17) is 0 Å². The van der Waals surface area contributed by atoms with E-state index in [1.165, 1.54) is 0 Å². The summed E-state index contributed by atoms with van der Waals surface area (Å²) in [4.78, 5) is 18.0. The third-order valence-corrected chi connectivity index (χ3v) is 2.78. The number of hydrogen-bond donors (Lipinski definition) is 2. The van der Waals surface area contributed by atoms with E-state index in [1.54, 1.807) is 17.1 Å². The summed E-state index contributed by atoms with van der Waals surface area (Å²) in [6.45, 7) is 3.96. The van der Waals surface area contributed by atoms with Crippen molar-refractivity contribution >= 4 is 23.4 Å². The second-order valence-electron chi connectivity index (χ2n) is 5.02. The van der Waals surface area contributed by atoms with Gasteiger partial charge in [0.1, 0.15) is 0 Å². The Hall–Kier alpha value is -2.64. The van der Waals surface area contributed by atoms with Gasteiger partial charge in [0.15, 0.2) is 11.6 Å². The lowest BCUT2D eigenvalue weighted by atomic mass is 10.3. The number of anilines is 3. The molecule has 0 bridgehead atoms. The average molecular weight is 289 g/mol. The van der Waals surface area contributed by atoms with Crippen LogP contribution in [0.1, 0.15) is 19.9 Å². The highest BCUT2D eigenvalue weighted by atomic mass is 16.2. The topological polar surface area (TPSA) is 88.0 Å². The van der Waals surface area contributed by atoms with E-state index in [-0.39, 0.29) is 6.04 Å². The fourth-order valence-corrected chi connectivity index (χ4v) is 1.70. The van der Waals surface area contributed by atoms with E-state index >= 15 is 0 Å². The van der Waals surface area contributed by atoms with Crippen LogP contribution in [-0.2, 0) is 0 Å². The number of hydrogen-bond acceptors (Lipinski definition) is 5. The molecule has 0 aliphatic carbocycles. The third kappa shape index (κ3) is 3.68. The maximum Gasteiger partial charge on any atom is 0.326 e. The van der Waals surface area contributed by atoms with Gasteiger partial charge in [0.25, 0.3) is 0 Å². The largest absolute Gasteiger partial charge is 0.375 e. The minimum Gasteiger partial charge on any atom is -0.375 e. The van der Waals surface area contributed by atoms with Crippen molar-refractivity contribution in [2.24, 2.45) is 0 Å². The van der Waals surface area contributed by atoms with Crippen LogP contribution < -0.4 is 15.5 Å². The minimum absolute atomic E-state index is 0.187. The quantitative estimate of drug-likeness (QED) is 0.898. The zero-order valence-corrected chi connectivity index (χ0v) is 12.5. The molecular formula is C13H19N7O. The number of nitrogens with zero attached hydrogens (tertiary/aromatic N) is 5. The predicted molar refractivity (Wildman–Crippen MR) is 81.6 cm³/mol. The molecule has 0 aliphatic heterocycles. The minimum atomic E-state index is -0.410. The number of aromatic nitrogens is 4. The number of amides is 2. The van der Waals surface area contributed by atoms with E-state index in [1.807, 2.05) is 45.0 Å². The van der Waals surface area contributed by atoms with Crippen LogP contribution in [0.4, 0.5) is 22.1 Å². The summed E-state index contributed by atoms with van der Waals surface area (Å²) in [5.74, 6) is 0.875. The van der Waals surface area contributed by atoms with E-state index < -0.39 is 6.03 Å². The van der Waals surface area contributed by atoms with E-state index in [0.717, 1.165) is 5.69 Å². The van der Waals surface area contributed by atoms with Gasteiger partial charge < -0.3 is 4.90 Å². The van der Waals surface area contributed by atoms with Gasteiger partial charge in [-0.1, -0.05) is 5.21 Å². The predicted octanol–water partition coefficient (Wildman–Crippen LogP) is 1.96. The van der Waals surface area contributed by atoms with Crippen molar-refractivity contribution in [3.63, 3.8) is 0 Å². The monoisotopic (exact) mass is 289 g/mol. The summed E-state index contributed by atoms with van der Waals surface area (Å²) >= 11 is 0. The Balaban J connectivity index is 2.05. The zero-order chi connectivity index (χ0) is 15.4. The highest BCUT2D eigenvalue weighted by molar-refractivity contribution is 6.00. The van der Waals surface area contributed by atoms with Gasteiger partial charge in [-0.2, -0.15) is 0 Å². The molecule has 2 rings (SSSR count). The molecule has 112 valence electrons. The van der Waals surface area contributed by atoms with Crippen LogP contribution in [-0.4, -0.2) is 40.1 Å². The molecule has 8 nitrogen and oxygen atoms in total. The Morgan fingerprint density at radius 2 is 2.10 bits per heavy atom. The lowest BCUT2D eigenvalue weighted by Gasteiger charge is -2.16. The number of carbonyl (C=O) groups is 1. The SMILES string of the molecule is CC(C)n1cc(NC(=O)Nc2ncccc2N(C)C)nn1. The number of pyridine rings is 1. The summed E-state index contributed by atoms with van der Waals surface area (Å²) in [7, 11) is 3.77. The molecule has 2 aromatic rings. The Kier molecular flexibility index (Phi) is 4.36. The van der Waals surface area contributed by atoms with Crippen molar-refractivity contribution in [1.82, 2.24) is 20.0 Å². The first kappa shape index (κ1) is 14.8. The molecule has 0 spiro atoms. The van der Waals surface area contributed by atoms with Crippen LogP contribution in [0.5, 0.6) is 0 Å². The summed E-state index contributed by atoms with van der Waals surface area (Å²) in [6.07, 6.45) is 3.30. The zero-order valence-electron chi connectivity index (χ0n) is 12.5. The van der Waals surface area contributed by atoms with E-state index in [9.17, 15) is 4.79 Å². The normalized spacial score (nSPS) is 10.5. The van der Waals surface area contributed by atoms with Gasteiger partial charge in [0.2, 0.25) is 0 Å². The molecule has 0 radical (unpaired) electrons. The highest BCUT2D eigenvalue weighted by Gasteiger charge is 2.11. The molecule has 0 aromatic carbocycles. The lowest BCUT2D eigenvalue weighted by Crippen LogP contribution is -2.22. The number of carbonyl (C=O) groups excluding carboxylic acids is 1. The first-order valence-corrected chi connectivity index (χ1v) is 6.59. The molecule has 0 fully saturated rings. The first-order valence-electron chi connectivity index (χ1n) is 6.59. The third-order valence-electron chi connectivity index (χ3n) is 2.78. The molecule has 0 aliphatic rings. The van der Waals surface area contributed by atoms with Crippen LogP contribution in [0, 0.1) is 0 Å². The fourth-order valence-electron chi connectivity index (χ4n) is 1.70. The summed E-state index contributed by atoms with van der Waals surface area (Å²) in [5.41, 5.74) is 0.818. The molecule has 0 saturated heterocycles. The number of rotatable bonds is 4. The molecule has 0 saturated carbocycles. The summed E-state index contributed by atoms with van der Waals surface area (Å²) in [5, 5.41) is 13.1. The average Bonchev–Trinajstić information content (AvgIpc) is 2.87. The van der Waals surface area contributed by atoms with E-state index in [2.05, 4.69) is 25.9 Å². The molecule has 0 atom stereocenters. The van der Waals surface area contributed by atoms with Crippen LogP contribution in [0.25, 0.3) is 0 Å². The first-order chi connectivity index (χ1) is 9.97. The summed E-state index contributed by atoms with van der Waals surface area (Å²) < 4.78 is 1.67. The second kappa shape index (κ2) is 6.21. The van der Waals surface area contributed by atoms with Crippen molar-refractivity contribution in [3.8, 4) is 0 Å². The Labute approximate surface area is 123 Å². The van der Waals surface area contributed by atoms with Gasteiger partial charge in [0, 0.05) is 26.3 Å². The van der Waals surface area contributed by atoms with Crippen LogP contribution >= 0.6 is 0 Å². The van der Waals surface area contributed by atoms with Crippen molar-refractivity contribution in [3.05, 3.63) is 24.5 Å². The van der Waals surface area contributed by atoms with Gasteiger partial charge in [-0.05, 0) is 26.0 Å². The molecule has 8 heteroatoms. The van der Waals surface area contributed by atoms with Crippen LogP contribution in [0.2, 0.25) is 0 Å². The Morgan fingerprint density at radius 3 is 2.71 bits per heavy atom. The van der Waals surface area contributed by atoms with Gasteiger partial charge in [-0.15, -0.1) is 5.10 Å². The van der Waals surface area contributed by atoms with Crippen LogP contribution in [0.3, 0.4) is 0 Å². The van der Waals surface area contributed by atoms with Gasteiger partial charge in [0.05, 0.1) is 11.9 Å². The van der Waals surface area contributed by atoms with Crippen molar-refractivity contribution in [1.29, 1.82) is 0 Å². The van der Waals surface area contributed by atoms with Gasteiger partial charge in [-0.25, -0.2) is 14.5 Å². The Bertz CT molecular complexity index is 620. The lowest BCUT2D eigenvalue weighted by molar-refractivity contribution is 0.262. The van der Waals surface area contributed by atoms with Crippen LogP contribution in [0.15, 0.2) is 24.5 Å². The second-order valence-corrected chi connectivity index (χ2v) is 5.02. The molecule has 0 unspecified atom stereocenters. The van der Waals surface area contributed by atoms with Crippen molar-refractivity contribution in [2.75, 3.05) is 29.6 Å². The standard InChI is InChI=1S/C13H19N7O/c1-9(2)20-8-11(17-18-20)15-13(21)16-12-10(19(3)4)6-5-7-14-12/h5-9H,1-4H3,(H2,14,15,16,21). The van der Waals surface area contributed by atoms with Gasteiger partial charge >= 0.3 is 6.03 Å². The molecular weight excluding hydrogens is 270 g/mol. The number of urea groups is 1. The van der Waals surface area contributed by atoms with E-state index in [0.29, 0.717) is 11.6 Å². The van der Waals surface area contributed by atoms with Crippen molar-refractivity contribution < 1.29 is 4.79 Å². The molecule has 21 heavy (non-hydrogen) atoms. The summed E-state index contributed by atoms with van der Waals surface area (Å²) in [6, 6.07) is 3.46. The number of nitrogens with one attached hydrogen (secondary N) is 2. The van der Waals surface area contributed by atoms with Crippen molar-refractivity contribution in [2.45, 2.75) is 19.9 Å². The Morgan fingerprint density at radius 1 is 1.33 bits per heavy atom. The fraction of sp³-hybridized carbons (Fsp3) is 0.385.